The summed E-state index contributed by atoms with van der Waals surface area (Å²) in [6, 6.07) is 7.94. The van der Waals surface area contributed by atoms with Gasteiger partial charge in [0.2, 0.25) is 0 Å². The fourth-order valence-corrected chi connectivity index (χ4v) is 2.32. The van der Waals surface area contributed by atoms with Gasteiger partial charge in [-0.15, -0.1) is 0 Å². The minimum atomic E-state index is -1.01. The molecule has 1 fully saturated rings. The van der Waals surface area contributed by atoms with Crippen LogP contribution in [0.15, 0.2) is 24.3 Å². The largest absolute Gasteiger partial charge is 0.494 e. The van der Waals surface area contributed by atoms with Crippen molar-refractivity contribution in [2.45, 2.75) is 38.9 Å². The van der Waals surface area contributed by atoms with Gasteiger partial charge in [0.25, 0.3) is 0 Å². The maximum atomic E-state index is 10.5. The van der Waals surface area contributed by atoms with E-state index in [9.17, 15) is 4.79 Å². The Morgan fingerprint density at radius 1 is 1.17 bits per heavy atom. The number of carboxylic acid groups (broad SMARTS) is 1. The zero-order valence-electron chi connectivity index (χ0n) is 14.4. The van der Waals surface area contributed by atoms with Crippen molar-refractivity contribution in [3.8, 4) is 0 Å². The lowest BCUT2D eigenvalue weighted by Gasteiger charge is -2.32. The molecule has 0 bridgehead atoms. The molecule has 0 radical (unpaired) electrons. The second-order valence-corrected chi connectivity index (χ2v) is 6.83. The molecule has 0 aliphatic carbocycles. The molecule has 6 nitrogen and oxygen atoms in total. The fourth-order valence-electron chi connectivity index (χ4n) is 2.32. The molecule has 1 aromatic rings. The lowest BCUT2D eigenvalue weighted by atomic mass is 9.79. The number of likely N-dealkylation sites (N-methyl/N-ethyl adjacent to an activating group) is 1. The molecule has 126 valence electrons. The molecule has 0 aromatic heterocycles. The average Bonchev–Trinajstić information content (AvgIpc) is 2.67. The van der Waals surface area contributed by atoms with E-state index in [1.54, 1.807) is 0 Å². The van der Waals surface area contributed by atoms with Gasteiger partial charge in [-0.3, -0.25) is 0 Å². The number of rotatable bonds is 5. The number of nitrogens with one attached hydrogen (secondary N) is 1. The highest BCUT2D eigenvalue weighted by molar-refractivity contribution is 6.62. The molecular formula is C16H25BN2O4. The predicted molar refractivity (Wildman–Crippen MR) is 91.5 cm³/mol. The zero-order valence-corrected chi connectivity index (χ0v) is 14.4. The van der Waals surface area contributed by atoms with Crippen molar-refractivity contribution in [1.82, 2.24) is 5.32 Å². The summed E-state index contributed by atoms with van der Waals surface area (Å²) < 4.78 is 12.1. The monoisotopic (exact) mass is 320 g/mol. The molecule has 1 aliphatic heterocycles. The first-order valence-electron chi connectivity index (χ1n) is 7.76. The molecule has 23 heavy (non-hydrogen) atoms. The highest BCUT2D eigenvalue weighted by Gasteiger charge is 2.51. The predicted octanol–water partition coefficient (Wildman–Crippen LogP) is 1.69. The molecule has 1 amide bonds. The summed E-state index contributed by atoms with van der Waals surface area (Å²) in [7, 11) is 1.56. The maximum absolute atomic E-state index is 10.5. The van der Waals surface area contributed by atoms with Crippen LogP contribution >= 0.6 is 0 Å². The summed E-state index contributed by atoms with van der Waals surface area (Å²) >= 11 is 0. The van der Waals surface area contributed by atoms with E-state index in [2.05, 4.69) is 5.32 Å². The molecule has 2 N–H and O–H groups in total. The number of benzene rings is 1. The van der Waals surface area contributed by atoms with Gasteiger partial charge in [-0.2, -0.15) is 0 Å². The molecule has 0 spiro atoms. The van der Waals surface area contributed by atoms with Crippen LogP contribution in [0.3, 0.4) is 0 Å². The Hall–Kier alpha value is -1.73. The van der Waals surface area contributed by atoms with Crippen molar-refractivity contribution < 1.29 is 19.2 Å². The van der Waals surface area contributed by atoms with Crippen LogP contribution in [0, 0.1) is 0 Å². The Labute approximate surface area is 137 Å². The zero-order chi connectivity index (χ0) is 17.3. The van der Waals surface area contributed by atoms with Gasteiger partial charge in [-0.05, 0) is 45.3 Å². The van der Waals surface area contributed by atoms with Crippen LogP contribution < -0.4 is 15.7 Å². The first-order chi connectivity index (χ1) is 10.6. The Bertz CT molecular complexity index is 544. The van der Waals surface area contributed by atoms with Gasteiger partial charge in [-0.1, -0.05) is 12.1 Å². The van der Waals surface area contributed by atoms with Crippen LogP contribution in [-0.4, -0.2) is 49.7 Å². The summed E-state index contributed by atoms with van der Waals surface area (Å²) in [6.07, 6.45) is -1.01. The van der Waals surface area contributed by atoms with E-state index in [4.69, 9.17) is 14.4 Å². The standard InChI is InChI=1S/C16H25BN2O4/c1-15(2)16(3,4)23-17(22-15)12-6-8-13(9-7-12)19(5)11-10-18-14(20)21/h6-9,18H,10-11H2,1-5H3,(H,20,21). The molecule has 1 aromatic carbocycles. The number of carbonyl (C=O) groups is 1. The quantitative estimate of drug-likeness (QED) is 0.808. The second-order valence-electron chi connectivity index (χ2n) is 6.83. The van der Waals surface area contributed by atoms with Gasteiger partial charge in [0.05, 0.1) is 11.2 Å². The summed E-state index contributed by atoms with van der Waals surface area (Å²) in [4.78, 5) is 12.4. The number of nitrogens with zero attached hydrogens (tertiary/aromatic N) is 1. The van der Waals surface area contributed by atoms with E-state index < -0.39 is 6.09 Å². The van der Waals surface area contributed by atoms with Crippen LogP contribution in [0.25, 0.3) is 0 Å². The molecule has 1 saturated heterocycles. The second kappa shape index (κ2) is 6.41. The number of anilines is 1. The molecule has 1 heterocycles. The minimum Gasteiger partial charge on any atom is -0.465 e. The Kier molecular flexibility index (Phi) is 4.91. The first-order valence-corrected chi connectivity index (χ1v) is 7.76. The highest BCUT2D eigenvalue weighted by Crippen LogP contribution is 2.36. The topological polar surface area (TPSA) is 71.0 Å². The van der Waals surface area contributed by atoms with E-state index in [1.807, 2.05) is 63.9 Å². The molecule has 0 saturated carbocycles. The van der Waals surface area contributed by atoms with Gasteiger partial charge < -0.3 is 24.6 Å². The van der Waals surface area contributed by atoms with Crippen LogP contribution in [0.1, 0.15) is 27.7 Å². The van der Waals surface area contributed by atoms with Crippen molar-refractivity contribution in [3.05, 3.63) is 24.3 Å². The maximum Gasteiger partial charge on any atom is 0.494 e. The van der Waals surface area contributed by atoms with Crippen LogP contribution in [0.5, 0.6) is 0 Å². The molecule has 2 rings (SSSR count). The van der Waals surface area contributed by atoms with Gasteiger partial charge in [0, 0.05) is 25.8 Å². The molecular weight excluding hydrogens is 295 g/mol. The fraction of sp³-hybridized carbons (Fsp3) is 0.562. The molecule has 0 unspecified atom stereocenters. The first kappa shape index (κ1) is 17.6. The smallest absolute Gasteiger partial charge is 0.465 e. The minimum absolute atomic E-state index is 0.352. The average molecular weight is 320 g/mol. The lowest BCUT2D eigenvalue weighted by Crippen LogP contribution is -2.41. The number of hydrogen-bond donors (Lipinski definition) is 2. The molecule has 0 atom stereocenters. The Morgan fingerprint density at radius 3 is 2.17 bits per heavy atom. The van der Waals surface area contributed by atoms with Crippen LogP contribution in [0.2, 0.25) is 0 Å². The Balaban J connectivity index is 1.99. The van der Waals surface area contributed by atoms with Crippen molar-refractivity contribution in [2.24, 2.45) is 0 Å². The molecule has 7 heteroatoms. The third-order valence-corrected chi connectivity index (χ3v) is 4.58. The third kappa shape index (κ3) is 3.97. The van der Waals surface area contributed by atoms with E-state index in [1.165, 1.54) is 0 Å². The van der Waals surface area contributed by atoms with Gasteiger partial charge >= 0.3 is 13.2 Å². The number of amides is 1. The summed E-state index contributed by atoms with van der Waals surface area (Å²) in [5.41, 5.74) is 1.28. The SMILES string of the molecule is CN(CCNC(=O)O)c1ccc(B2OC(C)(C)C(C)(C)O2)cc1. The van der Waals surface area contributed by atoms with Crippen molar-refractivity contribution in [3.63, 3.8) is 0 Å². The van der Waals surface area contributed by atoms with Gasteiger partial charge in [0.15, 0.2) is 0 Å². The van der Waals surface area contributed by atoms with E-state index in [0.29, 0.717) is 13.1 Å². The lowest BCUT2D eigenvalue weighted by molar-refractivity contribution is 0.00578. The highest BCUT2D eigenvalue weighted by atomic mass is 16.7. The molecule has 1 aliphatic rings. The van der Waals surface area contributed by atoms with E-state index in [-0.39, 0.29) is 18.3 Å². The normalized spacial score (nSPS) is 18.7. The summed E-state index contributed by atoms with van der Waals surface area (Å²) in [5, 5.41) is 10.9. The summed E-state index contributed by atoms with van der Waals surface area (Å²) in [5.74, 6) is 0. The van der Waals surface area contributed by atoms with Crippen LogP contribution in [-0.2, 0) is 9.31 Å². The van der Waals surface area contributed by atoms with Gasteiger partial charge in [0.1, 0.15) is 0 Å². The van der Waals surface area contributed by atoms with Crippen molar-refractivity contribution in [1.29, 1.82) is 0 Å². The summed E-state index contributed by atoms with van der Waals surface area (Å²) in [6.45, 7) is 9.11. The third-order valence-electron chi connectivity index (χ3n) is 4.58. The number of hydrogen-bond acceptors (Lipinski definition) is 4. The van der Waals surface area contributed by atoms with E-state index in [0.717, 1.165) is 11.2 Å². The Morgan fingerprint density at radius 2 is 1.70 bits per heavy atom. The van der Waals surface area contributed by atoms with E-state index >= 15 is 0 Å². The van der Waals surface area contributed by atoms with Gasteiger partial charge in [-0.25, -0.2) is 4.79 Å². The van der Waals surface area contributed by atoms with Crippen LogP contribution in [0.4, 0.5) is 10.5 Å². The van der Waals surface area contributed by atoms with Crippen molar-refractivity contribution >= 4 is 24.4 Å². The van der Waals surface area contributed by atoms with Crippen molar-refractivity contribution in [2.75, 3.05) is 25.0 Å².